The first-order valence-corrected chi connectivity index (χ1v) is 5.79. The lowest BCUT2D eigenvalue weighted by molar-refractivity contribution is 0.267. The minimum atomic E-state index is 0.974. The summed E-state index contributed by atoms with van der Waals surface area (Å²) < 4.78 is 0. The van der Waals surface area contributed by atoms with Gasteiger partial charge in [0.25, 0.3) is 0 Å². The summed E-state index contributed by atoms with van der Waals surface area (Å²) in [5, 5.41) is 0. The fourth-order valence-electron chi connectivity index (χ4n) is 1.87. The van der Waals surface area contributed by atoms with Gasteiger partial charge in [-0.05, 0) is 39.4 Å². The summed E-state index contributed by atoms with van der Waals surface area (Å²) >= 11 is 0. The highest BCUT2D eigenvalue weighted by Crippen LogP contribution is 2.27. The van der Waals surface area contributed by atoms with Crippen molar-refractivity contribution < 1.29 is 0 Å². The van der Waals surface area contributed by atoms with Crippen molar-refractivity contribution in [2.45, 2.75) is 39.2 Å². The zero-order chi connectivity index (χ0) is 9.68. The van der Waals surface area contributed by atoms with Gasteiger partial charge in [0.15, 0.2) is 0 Å². The molecule has 1 heterocycles. The highest BCUT2D eigenvalue weighted by atomic mass is 15.2. The Balaban J connectivity index is 0.000000396. The molecule has 2 heteroatoms. The van der Waals surface area contributed by atoms with Crippen molar-refractivity contribution in [2.24, 2.45) is 0 Å². The molecule has 0 aromatic carbocycles. The summed E-state index contributed by atoms with van der Waals surface area (Å²) in [5.74, 6) is 0. The molecule has 1 aliphatic carbocycles. The van der Waals surface area contributed by atoms with Crippen LogP contribution in [0.25, 0.3) is 0 Å². The maximum atomic E-state index is 2.67. The van der Waals surface area contributed by atoms with E-state index in [0.717, 1.165) is 6.04 Å². The highest BCUT2D eigenvalue weighted by molar-refractivity contribution is 4.85. The van der Waals surface area contributed by atoms with Gasteiger partial charge in [-0.3, -0.25) is 4.90 Å². The number of likely N-dealkylation sites (N-methyl/N-ethyl adjacent to an activating group) is 1. The van der Waals surface area contributed by atoms with E-state index < -0.39 is 0 Å². The van der Waals surface area contributed by atoms with Crippen molar-refractivity contribution in [1.29, 1.82) is 0 Å². The molecule has 1 saturated heterocycles. The van der Waals surface area contributed by atoms with Gasteiger partial charge in [0, 0.05) is 19.1 Å². The molecule has 0 atom stereocenters. The first-order valence-electron chi connectivity index (χ1n) is 5.79. The Kier molecular flexibility index (Phi) is 4.74. The molecule has 78 valence electrons. The summed E-state index contributed by atoms with van der Waals surface area (Å²) in [5.41, 5.74) is 0. The Morgan fingerprint density at radius 2 is 1.62 bits per heavy atom. The summed E-state index contributed by atoms with van der Waals surface area (Å²) in [6.45, 7) is 9.22. The first-order chi connectivity index (χ1) is 6.36. The van der Waals surface area contributed by atoms with Crippen LogP contribution in [0.1, 0.15) is 33.1 Å². The van der Waals surface area contributed by atoms with Crippen LogP contribution in [-0.2, 0) is 0 Å². The van der Waals surface area contributed by atoms with Crippen LogP contribution in [0, 0.1) is 0 Å². The van der Waals surface area contributed by atoms with E-state index in [1.165, 1.54) is 45.4 Å². The highest BCUT2D eigenvalue weighted by Gasteiger charge is 2.29. The lowest BCUT2D eigenvalue weighted by Gasteiger charge is -2.18. The standard InChI is InChI=1S/C9H18N2.C2H6/c1-10-5-2-6-11(8-7-10)9-3-4-9;1-2/h9H,2-8H2,1H3;1-2H3. The van der Waals surface area contributed by atoms with Crippen LogP contribution in [0.5, 0.6) is 0 Å². The van der Waals surface area contributed by atoms with Crippen molar-refractivity contribution in [3.63, 3.8) is 0 Å². The Morgan fingerprint density at radius 3 is 2.23 bits per heavy atom. The van der Waals surface area contributed by atoms with Gasteiger partial charge in [-0.15, -0.1) is 0 Å². The molecule has 0 N–H and O–H groups in total. The summed E-state index contributed by atoms with van der Waals surface area (Å²) in [6.07, 6.45) is 4.29. The van der Waals surface area contributed by atoms with Gasteiger partial charge in [0.2, 0.25) is 0 Å². The normalized spacial score (nSPS) is 26.1. The van der Waals surface area contributed by atoms with Crippen molar-refractivity contribution in [2.75, 3.05) is 33.2 Å². The average Bonchev–Trinajstić information content (AvgIpc) is 2.94. The SMILES string of the molecule is CC.CN1CCCN(C2CC2)CC1. The Bertz CT molecular complexity index is 132. The summed E-state index contributed by atoms with van der Waals surface area (Å²) in [7, 11) is 2.23. The van der Waals surface area contributed by atoms with Gasteiger partial charge in [-0.1, -0.05) is 13.8 Å². The zero-order valence-corrected chi connectivity index (χ0v) is 9.42. The average molecular weight is 184 g/mol. The van der Waals surface area contributed by atoms with E-state index in [9.17, 15) is 0 Å². The maximum absolute atomic E-state index is 2.67. The van der Waals surface area contributed by atoms with E-state index in [0.29, 0.717) is 0 Å². The van der Waals surface area contributed by atoms with E-state index in [1.54, 1.807) is 0 Å². The minimum Gasteiger partial charge on any atom is -0.305 e. The van der Waals surface area contributed by atoms with E-state index in [2.05, 4.69) is 16.8 Å². The second kappa shape index (κ2) is 5.61. The lowest BCUT2D eigenvalue weighted by Crippen LogP contribution is -2.30. The van der Waals surface area contributed by atoms with E-state index in [4.69, 9.17) is 0 Å². The molecule has 0 aromatic rings. The third-order valence-electron chi connectivity index (χ3n) is 2.82. The smallest absolute Gasteiger partial charge is 0.0112 e. The third-order valence-corrected chi connectivity index (χ3v) is 2.82. The summed E-state index contributed by atoms with van der Waals surface area (Å²) in [4.78, 5) is 5.12. The van der Waals surface area contributed by atoms with Crippen molar-refractivity contribution in [3.8, 4) is 0 Å². The predicted molar refractivity (Wildman–Crippen MR) is 58.1 cm³/mol. The molecule has 0 spiro atoms. The Labute approximate surface area is 82.9 Å². The van der Waals surface area contributed by atoms with Crippen LogP contribution >= 0.6 is 0 Å². The van der Waals surface area contributed by atoms with Crippen LogP contribution in [0.3, 0.4) is 0 Å². The van der Waals surface area contributed by atoms with Gasteiger partial charge in [-0.25, -0.2) is 0 Å². The van der Waals surface area contributed by atoms with Crippen molar-refractivity contribution in [3.05, 3.63) is 0 Å². The van der Waals surface area contributed by atoms with Crippen LogP contribution < -0.4 is 0 Å². The quantitative estimate of drug-likeness (QED) is 0.613. The lowest BCUT2D eigenvalue weighted by atomic mass is 10.4. The number of nitrogens with zero attached hydrogens (tertiary/aromatic N) is 2. The molecular weight excluding hydrogens is 160 g/mol. The van der Waals surface area contributed by atoms with Gasteiger partial charge in [-0.2, -0.15) is 0 Å². The van der Waals surface area contributed by atoms with Crippen LogP contribution in [0.2, 0.25) is 0 Å². The predicted octanol–water partition coefficient (Wildman–Crippen LogP) is 1.81. The second-order valence-electron chi connectivity index (χ2n) is 3.92. The molecule has 2 nitrogen and oxygen atoms in total. The molecular formula is C11H24N2. The molecule has 0 unspecified atom stereocenters. The Hall–Kier alpha value is -0.0800. The number of rotatable bonds is 1. The van der Waals surface area contributed by atoms with Crippen LogP contribution in [0.4, 0.5) is 0 Å². The molecule has 1 saturated carbocycles. The number of hydrogen-bond acceptors (Lipinski definition) is 2. The fourth-order valence-corrected chi connectivity index (χ4v) is 1.87. The fraction of sp³-hybridized carbons (Fsp3) is 1.00. The van der Waals surface area contributed by atoms with Crippen molar-refractivity contribution in [1.82, 2.24) is 9.80 Å². The summed E-state index contributed by atoms with van der Waals surface area (Å²) in [6, 6.07) is 0.974. The van der Waals surface area contributed by atoms with E-state index in [-0.39, 0.29) is 0 Å². The topological polar surface area (TPSA) is 6.48 Å². The monoisotopic (exact) mass is 184 g/mol. The van der Waals surface area contributed by atoms with E-state index in [1.807, 2.05) is 13.8 Å². The molecule has 0 amide bonds. The van der Waals surface area contributed by atoms with E-state index >= 15 is 0 Å². The zero-order valence-electron chi connectivity index (χ0n) is 9.42. The van der Waals surface area contributed by atoms with Gasteiger partial charge in [0.1, 0.15) is 0 Å². The molecule has 1 aliphatic heterocycles. The van der Waals surface area contributed by atoms with Gasteiger partial charge in [0.05, 0.1) is 0 Å². The second-order valence-corrected chi connectivity index (χ2v) is 3.92. The third kappa shape index (κ3) is 3.65. The molecule has 0 aromatic heterocycles. The van der Waals surface area contributed by atoms with Crippen LogP contribution in [-0.4, -0.2) is 49.1 Å². The number of hydrogen-bond donors (Lipinski definition) is 0. The van der Waals surface area contributed by atoms with Gasteiger partial charge < -0.3 is 4.90 Å². The minimum absolute atomic E-state index is 0.974. The Morgan fingerprint density at radius 1 is 0.923 bits per heavy atom. The van der Waals surface area contributed by atoms with Crippen molar-refractivity contribution >= 4 is 0 Å². The van der Waals surface area contributed by atoms with Gasteiger partial charge >= 0.3 is 0 Å². The molecule has 0 radical (unpaired) electrons. The molecule has 2 rings (SSSR count). The van der Waals surface area contributed by atoms with Crippen LogP contribution in [0.15, 0.2) is 0 Å². The molecule has 2 aliphatic rings. The largest absolute Gasteiger partial charge is 0.305 e. The maximum Gasteiger partial charge on any atom is 0.0112 e. The molecule has 2 fully saturated rings. The molecule has 13 heavy (non-hydrogen) atoms. The molecule has 0 bridgehead atoms. The first kappa shape index (κ1) is 11.0.